The van der Waals surface area contributed by atoms with Crippen molar-refractivity contribution in [3.8, 4) is 0 Å². The molecule has 0 amide bonds. The molecule has 22 heavy (non-hydrogen) atoms. The van der Waals surface area contributed by atoms with Gasteiger partial charge in [-0.25, -0.2) is 4.79 Å². The molecule has 0 aromatic heterocycles. The van der Waals surface area contributed by atoms with E-state index in [9.17, 15) is 4.79 Å². The van der Waals surface area contributed by atoms with Crippen molar-refractivity contribution < 1.29 is 9.53 Å². The third-order valence-electron chi connectivity index (χ3n) is 3.58. The summed E-state index contributed by atoms with van der Waals surface area (Å²) in [6.07, 6.45) is 0. The molecule has 0 spiro atoms. The second kappa shape index (κ2) is 6.44. The normalized spacial score (nSPS) is 10.2. The minimum atomic E-state index is -0.355. The van der Waals surface area contributed by atoms with Gasteiger partial charge in [0.05, 0.1) is 0 Å². The van der Waals surface area contributed by atoms with E-state index >= 15 is 0 Å². The average molecular weight is 292 g/mol. The fraction of sp³-hybridized carbons (Fsp3) is 0.150. The lowest BCUT2D eigenvalue weighted by Gasteiger charge is -2.12. The number of carbonyl (C=O) groups is 1. The van der Waals surface area contributed by atoms with Gasteiger partial charge in [0.25, 0.3) is 0 Å². The first-order valence-electron chi connectivity index (χ1n) is 6.89. The first-order valence-corrected chi connectivity index (χ1v) is 6.89. The summed E-state index contributed by atoms with van der Waals surface area (Å²) in [6, 6.07) is 18.5. The fourth-order valence-electron chi connectivity index (χ4n) is 2.52. The van der Waals surface area contributed by atoms with Gasteiger partial charge in [-0.3, -0.25) is 0 Å². The number of hydrogen-bond donors (Lipinski definition) is 0. The zero-order valence-electron chi connectivity index (χ0n) is 11.9. The standard InChI is InChI=1S/C19H16O2.CH4/c1-13(2)19(20)21-12-18-16-9-5-3-7-14(16)11-15-8-4-6-10-17(15)18;/h3-11H,1,12H2,2H3;1H4. The smallest absolute Gasteiger partial charge is 0.333 e. The summed E-state index contributed by atoms with van der Waals surface area (Å²) in [6.45, 7) is 5.53. The summed E-state index contributed by atoms with van der Waals surface area (Å²) in [4.78, 5) is 11.7. The van der Waals surface area contributed by atoms with Gasteiger partial charge in [0.2, 0.25) is 0 Å². The molecular formula is C20H20O2. The van der Waals surface area contributed by atoms with E-state index < -0.39 is 0 Å². The molecule has 3 rings (SSSR count). The Kier molecular flexibility index (Phi) is 4.62. The SMILES string of the molecule is C.C=C(C)C(=O)OCc1c2ccccc2cc2ccccc12. The molecule has 0 bridgehead atoms. The van der Waals surface area contributed by atoms with E-state index in [0.717, 1.165) is 27.1 Å². The topological polar surface area (TPSA) is 26.3 Å². The molecule has 0 heterocycles. The molecule has 3 aromatic rings. The number of fused-ring (bicyclic) bond motifs is 2. The number of hydrogen-bond acceptors (Lipinski definition) is 2. The van der Waals surface area contributed by atoms with Gasteiger partial charge in [-0.1, -0.05) is 62.5 Å². The van der Waals surface area contributed by atoms with E-state index in [1.807, 2.05) is 24.3 Å². The third-order valence-corrected chi connectivity index (χ3v) is 3.58. The van der Waals surface area contributed by atoms with Crippen molar-refractivity contribution in [3.63, 3.8) is 0 Å². The van der Waals surface area contributed by atoms with Crippen molar-refractivity contribution in [2.45, 2.75) is 21.0 Å². The molecule has 0 aliphatic rings. The summed E-state index contributed by atoms with van der Waals surface area (Å²) in [5.74, 6) is -0.355. The van der Waals surface area contributed by atoms with Crippen LogP contribution in [-0.2, 0) is 16.1 Å². The van der Waals surface area contributed by atoms with Crippen LogP contribution >= 0.6 is 0 Å². The van der Waals surface area contributed by atoms with Gasteiger partial charge in [0, 0.05) is 11.1 Å². The molecule has 112 valence electrons. The third kappa shape index (κ3) is 2.86. The molecule has 2 heteroatoms. The van der Waals surface area contributed by atoms with Crippen LogP contribution < -0.4 is 0 Å². The molecule has 0 unspecified atom stereocenters. The van der Waals surface area contributed by atoms with Gasteiger partial charge in [-0.2, -0.15) is 0 Å². The zero-order chi connectivity index (χ0) is 14.8. The minimum Gasteiger partial charge on any atom is -0.457 e. The van der Waals surface area contributed by atoms with Gasteiger partial charge in [-0.05, 0) is 34.5 Å². The van der Waals surface area contributed by atoms with Crippen LogP contribution in [0, 0.1) is 0 Å². The Morgan fingerprint density at radius 1 is 1.00 bits per heavy atom. The zero-order valence-corrected chi connectivity index (χ0v) is 11.9. The van der Waals surface area contributed by atoms with E-state index in [2.05, 4.69) is 36.9 Å². The van der Waals surface area contributed by atoms with Crippen LogP contribution in [0.3, 0.4) is 0 Å². The molecule has 0 aliphatic carbocycles. The Morgan fingerprint density at radius 3 is 2.00 bits per heavy atom. The Hall–Kier alpha value is -2.61. The second-order valence-electron chi connectivity index (χ2n) is 5.15. The molecule has 0 atom stereocenters. The highest BCUT2D eigenvalue weighted by molar-refractivity contribution is 6.02. The predicted molar refractivity (Wildman–Crippen MR) is 92.8 cm³/mol. The number of carbonyl (C=O) groups excluding carboxylic acids is 1. The number of esters is 1. The van der Waals surface area contributed by atoms with Crippen LogP contribution in [0.15, 0.2) is 66.7 Å². The Balaban J connectivity index is 0.00000176. The fourth-order valence-corrected chi connectivity index (χ4v) is 2.52. The lowest BCUT2D eigenvalue weighted by molar-refractivity contribution is -0.140. The van der Waals surface area contributed by atoms with Crippen LogP contribution in [0.4, 0.5) is 0 Å². The quantitative estimate of drug-likeness (QED) is 0.374. The van der Waals surface area contributed by atoms with Crippen molar-refractivity contribution in [1.29, 1.82) is 0 Å². The van der Waals surface area contributed by atoms with Gasteiger partial charge in [-0.15, -0.1) is 0 Å². The predicted octanol–water partition coefficient (Wildman–Crippen LogP) is 5.25. The molecule has 0 saturated heterocycles. The largest absolute Gasteiger partial charge is 0.457 e. The molecule has 0 aliphatic heterocycles. The highest BCUT2D eigenvalue weighted by Crippen LogP contribution is 2.29. The first-order chi connectivity index (χ1) is 10.2. The molecular weight excluding hydrogens is 272 g/mol. The van der Waals surface area contributed by atoms with Gasteiger partial charge < -0.3 is 4.74 Å². The van der Waals surface area contributed by atoms with Crippen molar-refractivity contribution in [2.75, 3.05) is 0 Å². The monoisotopic (exact) mass is 292 g/mol. The molecule has 2 nitrogen and oxygen atoms in total. The lowest BCUT2D eigenvalue weighted by Crippen LogP contribution is -2.05. The summed E-state index contributed by atoms with van der Waals surface area (Å²) < 4.78 is 5.37. The summed E-state index contributed by atoms with van der Waals surface area (Å²) in [5.41, 5.74) is 1.46. The second-order valence-corrected chi connectivity index (χ2v) is 5.15. The van der Waals surface area contributed by atoms with Gasteiger partial charge in [0.15, 0.2) is 0 Å². The maximum atomic E-state index is 11.7. The first kappa shape index (κ1) is 15.8. The summed E-state index contributed by atoms with van der Waals surface area (Å²) in [7, 11) is 0. The molecule has 0 fully saturated rings. The van der Waals surface area contributed by atoms with Crippen LogP contribution in [0.2, 0.25) is 0 Å². The Bertz CT molecular complexity index is 793. The van der Waals surface area contributed by atoms with Crippen molar-refractivity contribution in [1.82, 2.24) is 0 Å². The van der Waals surface area contributed by atoms with Crippen molar-refractivity contribution >= 4 is 27.5 Å². The van der Waals surface area contributed by atoms with Crippen LogP contribution in [-0.4, -0.2) is 5.97 Å². The molecule has 3 aromatic carbocycles. The summed E-state index contributed by atoms with van der Waals surface area (Å²) >= 11 is 0. The lowest BCUT2D eigenvalue weighted by atomic mass is 9.97. The molecule has 0 saturated carbocycles. The maximum Gasteiger partial charge on any atom is 0.333 e. The highest BCUT2D eigenvalue weighted by atomic mass is 16.5. The van der Waals surface area contributed by atoms with Crippen LogP contribution in [0.5, 0.6) is 0 Å². The number of rotatable bonds is 3. The summed E-state index contributed by atoms with van der Waals surface area (Å²) in [5, 5.41) is 4.53. The molecule has 0 radical (unpaired) electrons. The van der Waals surface area contributed by atoms with Crippen LogP contribution in [0.25, 0.3) is 21.5 Å². The highest BCUT2D eigenvalue weighted by Gasteiger charge is 2.10. The maximum absolute atomic E-state index is 11.7. The average Bonchev–Trinajstić information content (AvgIpc) is 2.51. The van der Waals surface area contributed by atoms with Gasteiger partial charge >= 0.3 is 5.97 Å². The Labute approximate surface area is 131 Å². The van der Waals surface area contributed by atoms with Crippen molar-refractivity contribution in [2.24, 2.45) is 0 Å². The van der Waals surface area contributed by atoms with E-state index in [0.29, 0.717) is 5.57 Å². The van der Waals surface area contributed by atoms with E-state index in [1.165, 1.54) is 0 Å². The van der Waals surface area contributed by atoms with E-state index in [1.54, 1.807) is 6.92 Å². The van der Waals surface area contributed by atoms with Crippen LogP contribution in [0.1, 0.15) is 19.9 Å². The Morgan fingerprint density at radius 2 is 1.50 bits per heavy atom. The van der Waals surface area contributed by atoms with E-state index in [-0.39, 0.29) is 20.0 Å². The minimum absolute atomic E-state index is 0. The van der Waals surface area contributed by atoms with Crippen molar-refractivity contribution in [3.05, 3.63) is 72.3 Å². The molecule has 0 N–H and O–H groups in total. The number of benzene rings is 3. The van der Waals surface area contributed by atoms with Gasteiger partial charge in [0.1, 0.15) is 6.61 Å². The van der Waals surface area contributed by atoms with E-state index in [4.69, 9.17) is 4.74 Å². The number of ether oxygens (including phenoxy) is 1.